The maximum Gasteiger partial charge on any atom is 0.243 e. The average molecular weight is 443 g/mol. The van der Waals surface area contributed by atoms with Gasteiger partial charge in [-0.2, -0.15) is 0 Å². The van der Waals surface area contributed by atoms with Crippen molar-refractivity contribution in [2.24, 2.45) is 0 Å². The molecule has 0 heterocycles. The SMILES string of the molecule is CC[C@H](C(=O)N[C@@H](C)CC)N(Cc1cccc(OC)c1)C(=O)CSCc1ccccc1. The predicted molar refractivity (Wildman–Crippen MR) is 128 cm³/mol. The van der Waals surface area contributed by atoms with Crippen molar-refractivity contribution in [3.63, 3.8) is 0 Å². The molecule has 0 aliphatic heterocycles. The molecule has 2 amide bonds. The molecule has 6 heteroatoms. The summed E-state index contributed by atoms with van der Waals surface area (Å²) >= 11 is 1.57. The Hall–Kier alpha value is -2.47. The fourth-order valence-electron chi connectivity index (χ4n) is 3.24. The number of hydrogen-bond acceptors (Lipinski definition) is 4. The van der Waals surface area contributed by atoms with Gasteiger partial charge in [-0.25, -0.2) is 0 Å². The van der Waals surface area contributed by atoms with Gasteiger partial charge >= 0.3 is 0 Å². The Morgan fingerprint density at radius 2 is 1.74 bits per heavy atom. The van der Waals surface area contributed by atoms with Crippen LogP contribution in [0.5, 0.6) is 5.75 Å². The number of nitrogens with zero attached hydrogens (tertiary/aromatic N) is 1. The first kappa shape index (κ1) is 24.8. The van der Waals surface area contributed by atoms with Crippen LogP contribution in [0.4, 0.5) is 0 Å². The highest BCUT2D eigenvalue weighted by Gasteiger charge is 2.29. The fourth-order valence-corrected chi connectivity index (χ4v) is 4.11. The van der Waals surface area contributed by atoms with Crippen molar-refractivity contribution in [3.05, 3.63) is 65.7 Å². The molecule has 0 unspecified atom stereocenters. The number of carbonyl (C=O) groups excluding carboxylic acids is 2. The summed E-state index contributed by atoms with van der Waals surface area (Å²) in [5, 5.41) is 3.04. The van der Waals surface area contributed by atoms with E-state index in [9.17, 15) is 9.59 Å². The lowest BCUT2D eigenvalue weighted by Crippen LogP contribution is -2.51. The Kier molecular flexibility index (Phi) is 10.4. The van der Waals surface area contributed by atoms with Gasteiger partial charge in [-0.15, -0.1) is 11.8 Å². The van der Waals surface area contributed by atoms with Gasteiger partial charge in [-0.05, 0) is 43.0 Å². The number of hydrogen-bond donors (Lipinski definition) is 1. The van der Waals surface area contributed by atoms with Crippen LogP contribution in [0.15, 0.2) is 54.6 Å². The molecule has 0 bridgehead atoms. The fraction of sp³-hybridized carbons (Fsp3) is 0.440. The van der Waals surface area contributed by atoms with Crippen LogP contribution in [0.25, 0.3) is 0 Å². The lowest BCUT2D eigenvalue weighted by Gasteiger charge is -2.31. The van der Waals surface area contributed by atoms with Crippen molar-refractivity contribution in [1.82, 2.24) is 10.2 Å². The summed E-state index contributed by atoms with van der Waals surface area (Å²) in [5.74, 6) is 1.69. The molecule has 0 spiro atoms. The first-order valence-electron chi connectivity index (χ1n) is 10.8. The summed E-state index contributed by atoms with van der Waals surface area (Å²) < 4.78 is 5.33. The first-order valence-corrected chi connectivity index (χ1v) is 12.0. The zero-order valence-corrected chi connectivity index (χ0v) is 19.8. The molecule has 0 radical (unpaired) electrons. The molecule has 0 aliphatic carbocycles. The summed E-state index contributed by atoms with van der Waals surface area (Å²) in [4.78, 5) is 27.9. The molecule has 2 atom stereocenters. The minimum absolute atomic E-state index is 0.0325. The molecule has 0 saturated carbocycles. The van der Waals surface area contributed by atoms with Crippen molar-refractivity contribution < 1.29 is 14.3 Å². The van der Waals surface area contributed by atoms with Gasteiger partial charge in [0.2, 0.25) is 11.8 Å². The van der Waals surface area contributed by atoms with E-state index >= 15 is 0 Å². The Morgan fingerprint density at radius 3 is 2.39 bits per heavy atom. The number of methoxy groups -OCH3 is 1. The van der Waals surface area contributed by atoms with Crippen molar-refractivity contribution in [2.45, 2.75) is 58.0 Å². The topological polar surface area (TPSA) is 58.6 Å². The minimum Gasteiger partial charge on any atom is -0.497 e. The van der Waals surface area contributed by atoms with Gasteiger partial charge in [0.25, 0.3) is 0 Å². The molecule has 0 saturated heterocycles. The second-order valence-electron chi connectivity index (χ2n) is 7.59. The smallest absolute Gasteiger partial charge is 0.243 e. The quantitative estimate of drug-likeness (QED) is 0.520. The molecule has 31 heavy (non-hydrogen) atoms. The molecule has 2 rings (SSSR count). The van der Waals surface area contributed by atoms with Gasteiger partial charge in [0.15, 0.2) is 0 Å². The first-order chi connectivity index (χ1) is 15.0. The van der Waals surface area contributed by atoms with Gasteiger partial charge in [-0.1, -0.05) is 56.3 Å². The third kappa shape index (κ3) is 7.94. The van der Waals surface area contributed by atoms with Crippen LogP contribution in [-0.2, 0) is 21.9 Å². The Labute approximate surface area is 190 Å². The third-order valence-corrected chi connectivity index (χ3v) is 6.20. The predicted octanol–water partition coefficient (Wildman–Crippen LogP) is 4.65. The summed E-state index contributed by atoms with van der Waals surface area (Å²) in [5.41, 5.74) is 2.12. The van der Waals surface area contributed by atoms with E-state index in [1.807, 2.05) is 63.2 Å². The Balaban J connectivity index is 2.16. The molecule has 1 N–H and O–H groups in total. The van der Waals surface area contributed by atoms with Crippen LogP contribution in [0.1, 0.15) is 44.7 Å². The van der Waals surface area contributed by atoms with E-state index < -0.39 is 6.04 Å². The van der Waals surface area contributed by atoms with Gasteiger partial charge in [0.05, 0.1) is 12.9 Å². The number of rotatable bonds is 12. The molecular weight excluding hydrogens is 408 g/mol. The number of nitrogens with one attached hydrogen (secondary N) is 1. The van der Waals surface area contributed by atoms with E-state index in [0.717, 1.165) is 23.5 Å². The molecule has 0 aliphatic rings. The number of amides is 2. The largest absolute Gasteiger partial charge is 0.497 e. The molecule has 0 aromatic heterocycles. The zero-order valence-electron chi connectivity index (χ0n) is 19.0. The standard InChI is InChI=1S/C25H34N2O3S/c1-5-19(3)26-25(29)23(6-2)27(16-21-13-10-14-22(15-21)30-4)24(28)18-31-17-20-11-8-7-9-12-20/h7-15,19,23H,5-6,16-18H2,1-4H3,(H,26,29)/t19-,23+/m0/s1. The van der Waals surface area contributed by atoms with Crippen molar-refractivity contribution in [1.29, 1.82) is 0 Å². The Bertz CT molecular complexity index is 829. The van der Waals surface area contributed by atoms with Crippen LogP contribution < -0.4 is 10.1 Å². The van der Waals surface area contributed by atoms with Crippen molar-refractivity contribution >= 4 is 23.6 Å². The van der Waals surface area contributed by atoms with Gasteiger partial charge in [0.1, 0.15) is 11.8 Å². The van der Waals surface area contributed by atoms with Crippen molar-refractivity contribution in [3.8, 4) is 5.75 Å². The lowest BCUT2D eigenvalue weighted by molar-refractivity contribution is -0.139. The maximum atomic E-state index is 13.2. The van der Waals surface area contributed by atoms with Gasteiger partial charge in [-0.3, -0.25) is 9.59 Å². The van der Waals surface area contributed by atoms with Crippen LogP contribution in [0.2, 0.25) is 0 Å². The summed E-state index contributed by atoms with van der Waals surface area (Å²) in [6, 6.07) is 17.3. The summed E-state index contributed by atoms with van der Waals surface area (Å²) in [6.07, 6.45) is 1.40. The number of benzene rings is 2. The minimum atomic E-state index is -0.509. The van der Waals surface area contributed by atoms with E-state index in [4.69, 9.17) is 4.74 Å². The van der Waals surface area contributed by atoms with E-state index in [-0.39, 0.29) is 17.9 Å². The highest BCUT2D eigenvalue weighted by molar-refractivity contribution is 7.99. The molecular formula is C25H34N2O3S. The van der Waals surface area contributed by atoms with Crippen LogP contribution in [0, 0.1) is 0 Å². The average Bonchev–Trinajstić information content (AvgIpc) is 2.79. The van der Waals surface area contributed by atoms with Crippen LogP contribution >= 0.6 is 11.8 Å². The molecule has 2 aromatic carbocycles. The molecule has 0 fully saturated rings. The van der Waals surface area contributed by atoms with E-state index in [1.54, 1.807) is 23.8 Å². The summed E-state index contributed by atoms with van der Waals surface area (Å²) in [6.45, 7) is 6.33. The monoisotopic (exact) mass is 442 g/mol. The molecule has 168 valence electrons. The zero-order chi connectivity index (χ0) is 22.6. The maximum absolute atomic E-state index is 13.2. The third-order valence-electron chi connectivity index (χ3n) is 5.21. The Morgan fingerprint density at radius 1 is 1.03 bits per heavy atom. The number of carbonyl (C=O) groups is 2. The van der Waals surface area contributed by atoms with Crippen LogP contribution in [0.3, 0.4) is 0 Å². The second-order valence-corrected chi connectivity index (χ2v) is 8.58. The summed E-state index contributed by atoms with van der Waals surface area (Å²) in [7, 11) is 1.62. The van der Waals surface area contributed by atoms with Gasteiger partial charge in [0, 0.05) is 18.3 Å². The molecule has 5 nitrogen and oxygen atoms in total. The van der Waals surface area contributed by atoms with Gasteiger partial charge < -0.3 is 15.0 Å². The van der Waals surface area contributed by atoms with E-state index in [2.05, 4.69) is 17.4 Å². The van der Waals surface area contributed by atoms with E-state index in [0.29, 0.717) is 18.7 Å². The van der Waals surface area contributed by atoms with E-state index in [1.165, 1.54) is 5.56 Å². The lowest BCUT2D eigenvalue weighted by atomic mass is 10.1. The number of thioether (sulfide) groups is 1. The van der Waals surface area contributed by atoms with Crippen LogP contribution in [-0.4, -0.2) is 41.7 Å². The molecule has 2 aromatic rings. The second kappa shape index (κ2) is 13.1. The highest BCUT2D eigenvalue weighted by Crippen LogP contribution is 2.19. The normalized spacial score (nSPS) is 12.6. The van der Waals surface area contributed by atoms with Crippen molar-refractivity contribution in [2.75, 3.05) is 12.9 Å². The number of ether oxygens (including phenoxy) is 1. The highest BCUT2D eigenvalue weighted by atomic mass is 32.2.